The second kappa shape index (κ2) is 4.89. The SMILES string of the molecule is C=CCOP(C)(=O)O[PH](C)=O. The summed E-state index contributed by atoms with van der Waals surface area (Å²) in [5.41, 5.74) is 0. The summed E-state index contributed by atoms with van der Waals surface area (Å²) in [6.45, 7) is 6.15. The zero-order valence-corrected chi connectivity index (χ0v) is 8.47. The van der Waals surface area contributed by atoms with Crippen LogP contribution in [0.1, 0.15) is 0 Å². The van der Waals surface area contributed by atoms with E-state index in [1.165, 1.54) is 19.4 Å². The van der Waals surface area contributed by atoms with E-state index in [-0.39, 0.29) is 6.61 Å². The quantitative estimate of drug-likeness (QED) is 0.501. The smallest absolute Gasteiger partial charge is 0.304 e. The molecular formula is C5H12O4P2. The monoisotopic (exact) mass is 198 g/mol. The normalized spacial score (nSPS) is 18.7. The zero-order chi connectivity index (χ0) is 8.91. The summed E-state index contributed by atoms with van der Waals surface area (Å²) in [5.74, 6) is 0. The maximum Gasteiger partial charge on any atom is 0.333 e. The third-order valence-electron chi connectivity index (χ3n) is 0.721. The van der Waals surface area contributed by atoms with E-state index in [4.69, 9.17) is 4.52 Å². The van der Waals surface area contributed by atoms with E-state index >= 15 is 0 Å². The topological polar surface area (TPSA) is 52.6 Å². The molecule has 0 spiro atoms. The highest BCUT2D eigenvalue weighted by Crippen LogP contribution is 2.51. The van der Waals surface area contributed by atoms with E-state index in [1.807, 2.05) is 0 Å². The standard InChI is InChI=1S/C5H12O4P2/c1-4-5-8-11(3,7)9-10(2)6/h4,10H,1,5H2,2-3H3. The average Bonchev–Trinajstić information content (AvgIpc) is 1.81. The Morgan fingerprint density at radius 2 is 2.27 bits per heavy atom. The maximum absolute atomic E-state index is 11.1. The van der Waals surface area contributed by atoms with Gasteiger partial charge in [-0.3, -0.25) is 13.4 Å². The van der Waals surface area contributed by atoms with Crippen molar-refractivity contribution in [2.75, 3.05) is 19.9 Å². The van der Waals surface area contributed by atoms with E-state index in [0.29, 0.717) is 0 Å². The largest absolute Gasteiger partial charge is 0.333 e. The van der Waals surface area contributed by atoms with Gasteiger partial charge in [0.15, 0.2) is 8.03 Å². The first-order valence-electron chi connectivity index (χ1n) is 3.01. The molecule has 0 fully saturated rings. The minimum absolute atomic E-state index is 0.142. The van der Waals surface area contributed by atoms with Gasteiger partial charge in [0.1, 0.15) is 0 Å². The molecule has 0 aliphatic heterocycles. The molecule has 0 saturated heterocycles. The lowest BCUT2D eigenvalue weighted by atomic mass is 10.7. The molecule has 6 heteroatoms. The van der Waals surface area contributed by atoms with E-state index < -0.39 is 15.6 Å². The summed E-state index contributed by atoms with van der Waals surface area (Å²) >= 11 is 0. The first-order chi connectivity index (χ1) is 4.98. The molecule has 4 nitrogen and oxygen atoms in total. The maximum atomic E-state index is 11.1. The third-order valence-corrected chi connectivity index (χ3v) is 3.69. The van der Waals surface area contributed by atoms with Crippen LogP contribution >= 0.6 is 15.6 Å². The Balaban J connectivity index is 3.90. The van der Waals surface area contributed by atoms with E-state index in [2.05, 4.69) is 10.9 Å². The molecule has 0 bridgehead atoms. The summed E-state index contributed by atoms with van der Waals surface area (Å²) in [7, 11) is -5.30. The van der Waals surface area contributed by atoms with Gasteiger partial charge in [-0.2, -0.15) is 0 Å². The predicted octanol–water partition coefficient (Wildman–Crippen LogP) is 2.13. The number of hydrogen-bond donors (Lipinski definition) is 0. The van der Waals surface area contributed by atoms with Gasteiger partial charge in [0.05, 0.1) is 6.61 Å². The second-order valence-corrected chi connectivity index (χ2v) is 5.45. The van der Waals surface area contributed by atoms with Gasteiger partial charge in [-0.25, -0.2) is 0 Å². The second-order valence-electron chi connectivity index (χ2n) is 1.94. The fourth-order valence-electron chi connectivity index (χ4n) is 0.448. The van der Waals surface area contributed by atoms with Crippen molar-refractivity contribution in [2.24, 2.45) is 0 Å². The number of hydrogen-bond acceptors (Lipinski definition) is 4. The molecule has 0 saturated carbocycles. The highest BCUT2D eigenvalue weighted by atomic mass is 31.2. The van der Waals surface area contributed by atoms with Crippen molar-refractivity contribution < 1.29 is 18.0 Å². The van der Waals surface area contributed by atoms with Crippen LogP contribution in [-0.2, 0) is 18.0 Å². The molecule has 0 aliphatic rings. The van der Waals surface area contributed by atoms with Crippen LogP contribution in [0.5, 0.6) is 0 Å². The van der Waals surface area contributed by atoms with Crippen LogP contribution in [0.15, 0.2) is 12.7 Å². The molecule has 0 amide bonds. The summed E-state index contributed by atoms with van der Waals surface area (Å²) in [6.07, 6.45) is 1.45. The molecule has 0 aromatic heterocycles. The summed E-state index contributed by atoms with van der Waals surface area (Å²) < 4.78 is 30.9. The van der Waals surface area contributed by atoms with Crippen LogP contribution in [-0.4, -0.2) is 19.9 Å². The molecule has 2 atom stereocenters. The minimum Gasteiger partial charge on any atom is -0.304 e. The summed E-state index contributed by atoms with van der Waals surface area (Å²) in [6, 6.07) is 0. The van der Waals surface area contributed by atoms with E-state index in [9.17, 15) is 9.13 Å². The molecule has 0 aromatic rings. The van der Waals surface area contributed by atoms with Crippen LogP contribution in [0.4, 0.5) is 0 Å². The van der Waals surface area contributed by atoms with Crippen molar-refractivity contribution >= 4 is 15.6 Å². The Morgan fingerprint density at radius 1 is 1.73 bits per heavy atom. The average molecular weight is 198 g/mol. The Kier molecular flexibility index (Phi) is 4.94. The van der Waals surface area contributed by atoms with Crippen LogP contribution in [0.2, 0.25) is 0 Å². The Bertz CT molecular complexity index is 201. The van der Waals surface area contributed by atoms with Crippen molar-refractivity contribution in [3.05, 3.63) is 12.7 Å². The van der Waals surface area contributed by atoms with Gasteiger partial charge >= 0.3 is 7.60 Å². The van der Waals surface area contributed by atoms with Crippen LogP contribution in [0, 0.1) is 0 Å². The fourth-order valence-corrected chi connectivity index (χ4v) is 2.90. The molecular weight excluding hydrogens is 186 g/mol. The molecule has 2 unspecified atom stereocenters. The van der Waals surface area contributed by atoms with Crippen molar-refractivity contribution in [3.63, 3.8) is 0 Å². The summed E-state index contributed by atoms with van der Waals surface area (Å²) in [5, 5.41) is 0. The van der Waals surface area contributed by atoms with Gasteiger partial charge in [-0.15, -0.1) is 6.58 Å². The molecule has 0 N–H and O–H groups in total. The lowest BCUT2D eigenvalue weighted by Gasteiger charge is -2.10. The molecule has 66 valence electrons. The molecule has 0 aliphatic carbocycles. The van der Waals surface area contributed by atoms with Crippen molar-refractivity contribution in [3.8, 4) is 0 Å². The molecule has 0 radical (unpaired) electrons. The molecule has 11 heavy (non-hydrogen) atoms. The number of rotatable bonds is 5. The first kappa shape index (κ1) is 11.1. The van der Waals surface area contributed by atoms with Crippen LogP contribution in [0.3, 0.4) is 0 Å². The lowest BCUT2D eigenvalue weighted by molar-refractivity contribution is 0.303. The van der Waals surface area contributed by atoms with Crippen molar-refractivity contribution in [1.29, 1.82) is 0 Å². The summed E-state index contributed by atoms with van der Waals surface area (Å²) in [4.78, 5) is 0. The Labute approximate surface area is 67.0 Å². The van der Waals surface area contributed by atoms with Gasteiger partial charge in [0, 0.05) is 13.3 Å². The lowest BCUT2D eigenvalue weighted by Crippen LogP contribution is -1.88. The van der Waals surface area contributed by atoms with E-state index in [0.717, 1.165) is 0 Å². The predicted molar refractivity (Wildman–Crippen MR) is 45.7 cm³/mol. The van der Waals surface area contributed by atoms with Crippen LogP contribution < -0.4 is 0 Å². The van der Waals surface area contributed by atoms with Gasteiger partial charge in [-0.1, -0.05) is 6.08 Å². The molecule has 0 rings (SSSR count). The highest BCUT2D eigenvalue weighted by molar-refractivity contribution is 7.61. The van der Waals surface area contributed by atoms with Gasteiger partial charge < -0.3 is 4.52 Å². The first-order valence-corrected chi connectivity index (χ1v) is 6.81. The van der Waals surface area contributed by atoms with Crippen molar-refractivity contribution in [2.45, 2.75) is 0 Å². The molecule has 0 heterocycles. The van der Waals surface area contributed by atoms with Crippen LogP contribution in [0.25, 0.3) is 0 Å². The Hall–Kier alpha value is 0.120. The van der Waals surface area contributed by atoms with E-state index in [1.54, 1.807) is 0 Å². The molecule has 0 aromatic carbocycles. The zero-order valence-electron chi connectivity index (χ0n) is 6.57. The van der Waals surface area contributed by atoms with Gasteiger partial charge in [0.25, 0.3) is 0 Å². The van der Waals surface area contributed by atoms with Gasteiger partial charge in [0.2, 0.25) is 0 Å². The Morgan fingerprint density at radius 3 is 2.64 bits per heavy atom. The highest BCUT2D eigenvalue weighted by Gasteiger charge is 2.17. The van der Waals surface area contributed by atoms with Crippen molar-refractivity contribution in [1.82, 2.24) is 0 Å². The fraction of sp³-hybridized carbons (Fsp3) is 0.600. The van der Waals surface area contributed by atoms with Gasteiger partial charge in [-0.05, 0) is 0 Å². The minimum atomic E-state index is -3.10. The third kappa shape index (κ3) is 6.52.